The largest absolute Gasteiger partial charge is 0.481 e. The van der Waals surface area contributed by atoms with Crippen LogP contribution in [0.15, 0.2) is 0 Å². The van der Waals surface area contributed by atoms with Gasteiger partial charge in [-0.2, -0.15) is 0 Å². The van der Waals surface area contributed by atoms with Crippen molar-refractivity contribution >= 4 is 5.97 Å². The van der Waals surface area contributed by atoms with E-state index in [-0.39, 0.29) is 12.5 Å². The molecule has 0 saturated heterocycles. The van der Waals surface area contributed by atoms with E-state index in [9.17, 15) is 9.90 Å². The van der Waals surface area contributed by atoms with Crippen LogP contribution >= 0.6 is 0 Å². The monoisotopic (exact) mass is 203 g/mol. The van der Waals surface area contributed by atoms with Gasteiger partial charge in [0.1, 0.15) is 0 Å². The maximum atomic E-state index is 10.4. The summed E-state index contributed by atoms with van der Waals surface area (Å²) < 4.78 is 0. The second kappa shape index (κ2) is 6.79. The van der Waals surface area contributed by atoms with Crippen molar-refractivity contribution in [2.45, 2.75) is 45.8 Å². The van der Waals surface area contributed by atoms with Gasteiger partial charge in [0.05, 0.1) is 12.5 Å². The number of aliphatic hydroxyl groups excluding tert-OH is 1. The van der Waals surface area contributed by atoms with Crippen molar-refractivity contribution in [2.75, 3.05) is 6.54 Å². The van der Waals surface area contributed by atoms with E-state index in [1.807, 2.05) is 6.92 Å². The van der Waals surface area contributed by atoms with Crippen LogP contribution in [0.3, 0.4) is 0 Å². The summed E-state index contributed by atoms with van der Waals surface area (Å²) in [6, 6.07) is -0.115. The Balaban J connectivity index is 4.09. The Labute approximate surface area is 85.3 Å². The molecule has 0 aromatic heterocycles. The molecule has 84 valence electrons. The first-order valence-corrected chi connectivity index (χ1v) is 5.10. The Morgan fingerprint density at radius 3 is 2.36 bits per heavy atom. The van der Waals surface area contributed by atoms with Gasteiger partial charge >= 0.3 is 5.97 Å². The number of hydrogen-bond donors (Lipinski definition) is 3. The molecule has 0 aromatic carbocycles. The summed E-state index contributed by atoms with van der Waals surface area (Å²) in [6.07, 6.45) is -0.193. The number of rotatable bonds is 7. The van der Waals surface area contributed by atoms with Gasteiger partial charge in [0.25, 0.3) is 0 Å². The smallest absolute Gasteiger partial charge is 0.306 e. The summed E-state index contributed by atoms with van der Waals surface area (Å²) in [4.78, 5) is 10.4. The van der Waals surface area contributed by atoms with Crippen LogP contribution in [-0.2, 0) is 4.79 Å². The highest BCUT2D eigenvalue weighted by Gasteiger charge is 2.21. The number of carbonyl (C=O) groups is 1. The standard InChI is InChI=1S/C10H21NO3/c1-4-11-8(5-7(2)3)9(12)6-10(13)14/h7-9,11-12H,4-6H2,1-3H3,(H,13,14)/t8-,9-/m0/s1. The number of carboxylic acid groups (broad SMARTS) is 1. The van der Waals surface area contributed by atoms with E-state index in [0.29, 0.717) is 5.92 Å². The van der Waals surface area contributed by atoms with Gasteiger partial charge in [0, 0.05) is 6.04 Å². The lowest BCUT2D eigenvalue weighted by molar-refractivity contribution is -0.139. The molecule has 0 saturated carbocycles. The number of aliphatic carboxylic acids is 1. The van der Waals surface area contributed by atoms with Gasteiger partial charge in [0.2, 0.25) is 0 Å². The summed E-state index contributed by atoms with van der Waals surface area (Å²) in [6.45, 7) is 6.80. The predicted octanol–water partition coefficient (Wildman–Crippen LogP) is 0.846. The SMILES string of the molecule is CCN[C@@H](CC(C)C)[C@@H](O)CC(=O)O. The van der Waals surface area contributed by atoms with Gasteiger partial charge in [-0.05, 0) is 18.9 Å². The molecular weight excluding hydrogens is 182 g/mol. The van der Waals surface area contributed by atoms with Crippen LogP contribution in [0.4, 0.5) is 0 Å². The van der Waals surface area contributed by atoms with E-state index >= 15 is 0 Å². The van der Waals surface area contributed by atoms with Crippen molar-refractivity contribution in [3.63, 3.8) is 0 Å². The molecular formula is C10H21NO3. The third kappa shape index (κ3) is 5.94. The van der Waals surface area contributed by atoms with Crippen molar-refractivity contribution in [3.8, 4) is 0 Å². The third-order valence-electron chi connectivity index (χ3n) is 2.04. The minimum atomic E-state index is -0.954. The topological polar surface area (TPSA) is 69.6 Å². The first-order valence-electron chi connectivity index (χ1n) is 5.10. The molecule has 0 bridgehead atoms. The molecule has 0 amide bonds. The van der Waals surface area contributed by atoms with Crippen molar-refractivity contribution < 1.29 is 15.0 Å². The molecule has 0 aromatic rings. The number of likely N-dealkylation sites (N-methyl/N-ethyl adjacent to an activating group) is 1. The highest BCUT2D eigenvalue weighted by atomic mass is 16.4. The number of hydrogen-bond acceptors (Lipinski definition) is 3. The first kappa shape index (κ1) is 13.4. The normalized spacial score (nSPS) is 15.5. The minimum absolute atomic E-state index is 0.115. The highest BCUT2D eigenvalue weighted by Crippen LogP contribution is 2.10. The number of carboxylic acids is 1. The molecule has 2 atom stereocenters. The average molecular weight is 203 g/mol. The molecule has 14 heavy (non-hydrogen) atoms. The van der Waals surface area contributed by atoms with Gasteiger partial charge in [-0.1, -0.05) is 20.8 Å². The zero-order chi connectivity index (χ0) is 11.1. The van der Waals surface area contributed by atoms with Crippen LogP contribution in [0.2, 0.25) is 0 Å². The molecule has 0 aliphatic heterocycles. The van der Waals surface area contributed by atoms with Crippen LogP contribution in [0.1, 0.15) is 33.6 Å². The Morgan fingerprint density at radius 1 is 1.43 bits per heavy atom. The highest BCUT2D eigenvalue weighted by molar-refractivity contribution is 5.67. The van der Waals surface area contributed by atoms with Gasteiger partial charge < -0.3 is 15.5 Å². The fraction of sp³-hybridized carbons (Fsp3) is 0.900. The van der Waals surface area contributed by atoms with E-state index < -0.39 is 12.1 Å². The van der Waals surface area contributed by atoms with Crippen LogP contribution in [-0.4, -0.2) is 34.9 Å². The maximum absolute atomic E-state index is 10.4. The summed E-state index contributed by atoms with van der Waals surface area (Å²) >= 11 is 0. The Kier molecular flexibility index (Phi) is 6.49. The lowest BCUT2D eigenvalue weighted by Gasteiger charge is -2.24. The van der Waals surface area contributed by atoms with Gasteiger partial charge in [0.15, 0.2) is 0 Å². The number of nitrogens with one attached hydrogen (secondary N) is 1. The maximum Gasteiger partial charge on any atom is 0.306 e. The molecule has 0 aliphatic carbocycles. The number of aliphatic hydroxyl groups is 1. The zero-order valence-electron chi connectivity index (χ0n) is 9.16. The Hall–Kier alpha value is -0.610. The average Bonchev–Trinajstić information content (AvgIpc) is 2.01. The molecule has 0 fully saturated rings. The molecule has 0 radical (unpaired) electrons. The van der Waals surface area contributed by atoms with Crippen molar-refractivity contribution in [3.05, 3.63) is 0 Å². The van der Waals surface area contributed by atoms with Crippen molar-refractivity contribution in [2.24, 2.45) is 5.92 Å². The van der Waals surface area contributed by atoms with Crippen LogP contribution < -0.4 is 5.32 Å². The van der Waals surface area contributed by atoms with E-state index in [0.717, 1.165) is 13.0 Å². The molecule has 0 rings (SSSR count). The van der Waals surface area contributed by atoms with E-state index in [1.54, 1.807) is 0 Å². The van der Waals surface area contributed by atoms with E-state index in [4.69, 9.17) is 5.11 Å². The van der Waals surface area contributed by atoms with Gasteiger partial charge in [-0.25, -0.2) is 0 Å². The van der Waals surface area contributed by atoms with E-state index in [2.05, 4.69) is 19.2 Å². The Bertz CT molecular complexity index is 171. The molecule has 0 spiro atoms. The lowest BCUT2D eigenvalue weighted by Crippen LogP contribution is -2.41. The zero-order valence-corrected chi connectivity index (χ0v) is 9.16. The summed E-state index contributed by atoms with van der Waals surface area (Å²) in [7, 11) is 0. The van der Waals surface area contributed by atoms with E-state index in [1.165, 1.54) is 0 Å². The summed E-state index contributed by atoms with van der Waals surface area (Å²) in [5.74, 6) is -0.508. The Morgan fingerprint density at radius 2 is 2.00 bits per heavy atom. The van der Waals surface area contributed by atoms with Crippen LogP contribution in [0, 0.1) is 5.92 Å². The summed E-state index contributed by atoms with van der Waals surface area (Å²) in [5, 5.41) is 21.3. The molecule has 4 nitrogen and oxygen atoms in total. The molecule has 0 unspecified atom stereocenters. The van der Waals surface area contributed by atoms with Crippen LogP contribution in [0.25, 0.3) is 0 Å². The quantitative estimate of drug-likeness (QED) is 0.573. The molecule has 4 heteroatoms. The van der Waals surface area contributed by atoms with Crippen molar-refractivity contribution in [1.29, 1.82) is 0 Å². The molecule has 0 heterocycles. The fourth-order valence-electron chi connectivity index (χ4n) is 1.47. The lowest BCUT2D eigenvalue weighted by atomic mass is 9.97. The second-order valence-electron chi connectivity index (χ2n) is 3.96. The minimum Gasteiger partial charge on any atom is -0.481 e. The van der Waals surface area contributed by atoms with Crippen LogP contribution in [0.5, 0.6) is 0 Å². The van der Waals surface area contributed by atoms with Gasteiger partial charge in [-0.3, -0.25) is 4.79 Å². The third-order valence-corrected chi connectivity index (χ3v) is 2.04. The predicted molar refractivity (Wildman–Crippen MR) is 55.2 cm³/mol. The fourth-order valence-corrected chi connectivity index (χ4v) is 1.47. The molecule has 0 aliphatic rings. The summed E-state index contributed by atoms with van der Waals surface area (Å²) in [5.41, 5.74) is 0. The second-order valence-corrected chi connectivity index (χ2v) is 3.96. The first-order chi connectivity index (χ1) is 6.47. The molecule has 3 N–H and O–H groups in total. The van der Waals surface area contributed by atoms with Crippen molar-refractivity contribution in [1.82, 2.24) is 5.32 Å². The van der Waals surface area contributed by atoms with Gasteiger partial charge in [-0.15, -0.1) is 0 Å².